The Morgan fingerprint density at radius 3 is 2.59 bits per heavy atom. The van der Waals surface area contributed by atoms with Crippen LogP contribution in [0.4, 0.5) is 5.69 Å². The molecule has 0 heterocycles. The van der Waals surface area contributed by atoms with Crippen molar-refractivity contribution in [1.29, 1.82) is 0 Å². The van der Waals surface area contributed by atoms with Crippen molar-refractivity contribution >= 4 is 28.3 Å². The monoisotopic (exact) mass is 335 g/mol. The summed E-state index contributed by atoms with van der Waals surface area (Å²) in [6.07, 6.45) is 1.22. The van der Waals surface area contributed by atoms with Crippen LogP contribution in [0.1, 0.15) is 17.0 Å². The highest BCUT2D eigenvalue weighted by atomic mass is 127. The maximum absolute atomic E-state index is 3.51. The highest BCUT2D eigenvalue weighted by molar-refractivity contribution is 14.1. The number of halogens is 1. The third-order valence-electron chi connectivity index (χ3n) is 3.36. The summed E-state index contributed by atoms with van der Waals surface area (Å²) >= 11 is 2.33. The van der Waals surface area contributed by atoms with Gasteiger partial charge in [-0.15, -0.1) is 0 Å². The van der Waals surface area contributed by atoms with Crippen LogP contribution < -0.4 is 5.32 Å². The molecule has 2 aromatic rings. The average molecular weight is 335 g/mol. The zero-order chi connectivity index (χ0) is 11.7. The number of benzene rings is 2. The molecule has 2 heteroatoms. The zero-order valence-electron chi connectivity index (χ0n) is 9.49. The van der Waals surface area contributed by atoms with Gasteiger partial charge in [0.05, 0.1) is 0 Å². The Morgan fingerprint density at radius 2 is 1.82 bits per heavy atom. The van der Waals surface area contributed by atoms with Gasteiger partial charge in [-0.05, 0) is 64.4 Å². The molecule has 0 saturated heterocycles. The van der Waals surface area contributed by atoms with Gasteiger partial charge in [-0.1, -0.05) is 24.3 Å². The van der Waals surface area contributed by atoms with E-state index in [1.807, 2.05) is 0 Å². The molecule has 1 aliphatic rings. The van der Waals surface area contributed by atoms with Crippen LogP contribution in [0.3, 0.4) is 0 Å². The molecule has 3 rings (SSSR count). The van der Waals surface area contributed by atoms with Crippen molar-refractivity contribution in [2.75, 3.05) is 11.9 Å². The molecular formula is C15H14IN. The van der Waals surface area contributed by atoms with E-state index in [1.165, 1.54) is 26.8 Å². The fraction of sp³-hybridized carbons (Fsp3) is 0.200. The van der Waals surface area contributed by atoms with Gasteiger partial charge < -0.3 is 5.32 Å². The van der Waals surface area contributed by atoms with Crippen molar-refractivity contribution in [3.8, 4) is 0 Å². The highest BCUT2D eigenvalue weighted by Gasteiger charge is 2.24. The van der Waals surface area contributed by atoms with Gasteiger partial charge in [0.2, 0.25) is 0 Å². The van der Waals surface area contributed by atoms with Crippen LogP contribution >= 0.6 is 22.6 Å². The molecule has 1 atom stereocenters. The second kappa shape index (κ2) is 4.69. The molecule has 0 saturated carbocycles. The van der Waals surface area contributed by atoms with E-state index in [9.17, 15) is 0 Å². The lowest BCUT2D eigenvalue weighted by molar-refractivity contribution is 0.636. The maximum Gasteiger partial charge on any atom is 0.0341 e. The number of nitrogens with one attached hydrogen (secondary N) is 1. The topological polar surface area (TPSA) is 12.0 Å². The molecular weight excluding hydrogens is 321 g/mol. The number of rotatable bonds is 3. The molecule has 0 aliphatic heterocycles. The van der Waals surface area contributed by atoms with E-state index >= 15 is 0 Å². The largest absolute Gasteiger partial charge is 0.384 e. The fourth-order valence-corrected chi connectivity index (χ4v) is 2.71. The van der Waals surface area contributed by atoms with Crippen molar-refractivity contribution in [3.05, 3.63) is 63.2 Å². The smallest absolute Gasteiger partial charge is 0.0341 e. The first-order valence-corrected chi connectivity index (χ1v) is 6.98. The lowest BCUT2D eigenvalue weighted by Crippen LogP contribution is -2.24. The van der Waals surface area contributed by atoms with Crippen LogP contribution in [0, 0.1) is 3.57 Å². The maximum atomic E-state index is 3.51. The summed E-state index contributed by atoms with van der Waals surface area (Å²) in [4.78, 5) is 0. The average Bonchev–Trinajstić information content (AvgIpc) is 2.33. The van der Waals surface area contributed by atoms with E-state index in [4.69, 9.17) is 0 Å². The van der Waals surface area contributed by atoms with Crippen molar-refractivity contribution in [2.45, 2.75) is 12.3 Å². The van der Waals surface area contributed by atoms with Gasteiger partial charge in [0.1, 0.15) is 0 Å². The van der Waals surface area contributed by atoms with Crippen molar-refractivity contribution in [3.63, 3.8) is 0 Å². The van der Waals surface area contributed by atoms with Crippen LogP contribution in [-0.4, -0.2) is 6.54 Å². The van der Waals surface area contributed by atoms with E-state index in [1.54, 1.807) is 0 Å². The molecule has 2 aromatic carbocycles. The fourth-order valence-electron chi connectivity index (χ4n) is 2.35. The van der Waals surface area contributed by atoms with Gasteiger partial charge in [-0.2, -0.15) is 0 Å². The first-order valence-electron chi connectivity index (χ1n) is 5.90. The van der Waals surface area contributed by atoms with Gasteiger partial charge in [0.25, 0.3) is 0 Å². The van der Waals surface area contributed by atoms with E-state index in [2.05, 4.69) is 76.4 Å². The summed E-state index contributed by atoms with van der Waals surface area (Å²) in [5.74, 6) is 0.686. The minimum Gasteiger partial charge on any atom is -0.384 e. The second-order valence-electron chi connectivity index (χ2n) is 4.49. The van der Waals surface area contributed by atoms with Crippen LogP contribution in [0.2, 0.25) is 0 Å². The summed E-state index contributed by atoms with van der Waals surface area (Å²) in [7, 11) is 0. The third kappa shape index (κ3) is 2.32. The predicted molar refractivity (Wildman–Crippen MR) is 80.5 cm³/mol. The lowest BCUT2D eigenvalue weighted by Gasteiger charge is -2.30. The van der Waals surface area contributed by atoms with Gasteiger partial charge in [-0.25, -0.2) is 0 Å². The van der Waals surface area contributed by atoms with E-state index in [0.29, 0.717) is 5.92 Å². The third-order valence-corrected chi connectivity index (χ3v) is 4.08. The molecule has 1 aliphatic carbocycles. The lowest BCUT2D eigenvalue weighted by atomic mass is 9.77. The van der Waals surface area contributed by atoms with E-state index < -0.39 is 0 Å². The Hall–Kier alpha value is -1.03. The SMILES string of the molecule is Ic1ccc(NCC2Cc3ccccc32)cc1. The summed E-state index contributed by atoms with van der Waals surface area (Å²) in [6.45, 7) is 1.04. The molecule has 0 fully saturated rings. The quantitative estimate of drug-likeness (QED) is 0.835. The molecule has 0 radical (unpaired) electrons. The Labute approximate surface area is 115 Å². The molecule has 0 spiro atoms. The first kappa shape index (κ1) is 11.1. The predicted octanol–water partition coefficient (Wildman–Crippen LogP) is 4.04. The standard InChI is InChI=1S/C15H14IN/c16-13-5-7-14(8-6-13)17-10-12-9-11-3-1-2-4-15(11)12/h1-8,12,17H,9-10H2. The van der Waals surface area contributed by atoms with Crippen LogP contribution in [0.25, 0.3) is 0 Å². The number of hydrogen-bond donors (Lipinski definition) is 1. The molecule has 0 amide bonds. The Bertz CT molecular complexity index is 519. The first-order chi connectivity index (χ1) is 8.33. The molecule has 0 bridgehead atoms. The summed E-state index contributed by atoms with van der Waals surface area (Å²) in [5.41, 5.74) is 4.25. The van der Waals surface area contributed by atoms with Crippen molar-refractivity contribution < 1.29 is 0 Å². The molecule has 86 valence electrons. The van der Waals surface area contributed by atoms with Gasteiger partial charge in [-0.3, -0.25) is 0 Å². The number of fused-ring (bicyclic) bond motifs is 1. The summed E-state index contributed by atoms with van der Waals surface area (Å²) in [6, 6.07) is 17.3. The zero-order valence-corrected chi connectivity index (χ0v) is 11.6. The summed E-state index contributed by atoms with van der Waals surface area (Å²) in [5, 5.41) is 3.51. The van der Waals surface area contributed by atoms with Crippen molar-refractivity contribution in [2.24, 2.45) is 0 Å². The minimum absolute atomic E-state index is 0.686. The number of anilines is 1. The second-order valence-corrected chi connectivity index (χ2v) is 5.73. The molecule has 0 aromatic heterocycles. The van der Waals surface area contributed by atoms with Gasteiger partial charge in [0, 0.05) is 21.7 Å². The normalized spacial score (nSPS) is 17.1. The van der Waals surface area contributed by atoms with Gasteiger partial charge in [0.15, 0.2) is 0 Å². The molecule has 17 heavy (non-hydrogen) atoms. The highest BCUT2D eigenvalue weighted by Crippen LogP contribution is 2.34. The van der Waals surface area contributed by atoms with E-state index in [-0.39, 0.29) is 0 Å². The molecule has 1 N–H and O–H groups in total. The van der Waals surface area contributed by atoms with Crippen LogP contribution in [-0.2, 0) is 6.42 Å². The molecule has 1 unspecified atom stereocenters. The van der Waals surface area contributed by atoms with Crippen molar-refractivity contribution in [1.82, 2.24) is 0 Å². The van der Waals surface area contributed by atoms with Gasteiger partial charge >= 0.3 is 0 Å². The Morgan fingerprint density at radius 1 is 1.06 bits per heavy atom. The number of hydrogen-bond acceptors (Lipinski definition) is 1. The molecule has 1 nitrogen and oxygen atoms in total. The Kier molecular flexibility index (Phi) is 3.05. The van der Waals surface area contributed by atoms with Crippen LogP contribution in [0.15, 0.2) is 48.5 Å². The minimum atomic E-state index is 0.686. The van der Waals surface area contributed by atoms with Crippen LogP contribution in [0.5, 0.6) is 0 Å². The summed E-state index contributed by atoms with van der Waals surface area (Å²) < 4.78 is 1.28. The Balaban J connectivity index is 1.62. The van der Waals surface area contributed by atoms with E-state index in [0.717, 1.165) is 6.54 Å².